The zero-order chi connectivity index (χ0) is 5.98. The molecule has 51 valence electrons. The maximum atomic E-state index is 5.47. The zero-order valence-electron chi connectivity index (χ0n) is 5.35. The van der Waals surface area contributed by atoms with E-state index in [1.165, 1.54) is 0 Å². The van der Waals surface area contributed by atoms with Crippen molar-refractivity contribution < 1.29 is 31.9 Å². The number of hydrogen-bond acceptors (Lipinski definition) is 1. The van der Waals surface area contributed by atoms with Gasteiger partial charge in [-0.2, -0.15) is 0 Å². The molecule has 4 heteroatoms. The van der Waals surface area contributed by atoms with Crippen molar-refractivity contribution in [2.24, 2.45) is 4.99 Å². The minimum Gasteiger partial charge on any atom is -1.00 e. The summed E-state index contributed by atoms with van der Waals surface area (Å²) in [6.45, 7) is 3.64. The first-order valence-electron chi connectivity index (χ1n) is 2.22. The van der Waals surface area contributed by atoms with E-state index in [0.29, 0.717) is 5.50 Å². The Labute approximate surface area is 84.4 Å². The van der Waals surface area contributed by atoms with Crippen LogP contribution in [0.25, 0.3) is 0 Å². The van der Waals surface area contributed by atoms with E-state index >= 15 is 0 Å². The van der Waals surface area contributed by atoms with Crippen LogP contribution in [-0.4, -0.2) is 6.21 Å². The molecule has 0 aromatic carbocycles. The van der Waals surface area contributed by atoms with Gasteiger partial charge in [0, 0.05) is 25.7 Å². The van der Waals surface area contributed by atoms with Gasteiger partial charge < -0.3 is 12.4 Å². The largest absolute Gasteiger partial charge is 1.00 e. The van der Waals surface area contributed by atoms with Crippen molar-refractivity contribution in [2.45, 2.75) is 0 Å². The average molecular weight is 227 g/mol. The van der Waals surface area contributed by atoms with E-state index in [-0.39, 0.29) is 31.9 Å². The van der Waals surface area contributed by atoms with Crippen LogP contribution in [0.2, 0.25) is 0 Å². The molecule has 0 N–H and O–H groups in total. The van der Waals surface area contributed by atoms with Crippen LogP contribution in [0.1, 0.15) is 0 Å². The average Bonchev–Trinajstić information content (AvgIpc) is 1.77. The summed E-state index contributed by atoms with van der Waals surface area (Å²) in [6, 6.07) is 0. The Bertz CT molecular complexity index is 149. The van der Waals surface area contributed by atoms with Gasteiger partial charge in [0.1, 0.15) is 0 Å². The van der Waals surface area contributed by atoms with Crippen LogP contribution in [0.15, 0.2) is 29.3 Å². The third-order valence-corrected chi connectivity index (χ3v) is 1.01. The minimum absolute atomic E-state index is 0. The van der Waals surface area contributed by atoms with Gasteiger partial charge in [0.2, 0.25) is 0 Å². The van der Waals surface area contributed by atoms with E-state index in [9.17, 15) is 0 Å². The number of rotatable bonds is 0. The summed E-state index contributed by atoms with van der Waals surface area (Å²) in [5.41, 5.74) is 1.40. The normalized spacial score (nSPS) is 15.9. The summed E-state index contributed by atoms with van der Waals surface area (Å²) in [5.74, 6) is 0. The molecular formula is C6H5Cl2NZn-. The van der Waals surface area contributed by atoms with E-state index in [1.807, 2.05) is 6.08 Å². The second-order valence-corrected chi connectivity index (χ2v) is 1.88. The molecule has 1 nitrogen and oxygen atoms in total. The Morgan fingerprint density at radius 3 is 2.30 bits per heavy atom. The molecule has 1 rings (SSSR count). The van der Waals surface area contributed by atoms with Gasteiger partial charge in [-0.05, 0) is 11.6 Å². The topological polar surface area (TPSA) is 12.4 Å². The van der Waals surface area contributed by atoms with E-state index in [1.54, 1.807) is 12.3 Å². The molecule has 0 aromatic rings. The molecule has 0 bridgehead atoms. The van der Waals surface area contributed by atoms with Gasteiger partial charge in [-0.25, -0.2) is 0 Å². The predicted molar refractivity (Wildman–Crippen MR) is 35.9 cm³/mol. The standard InChI is InChI=1S/C6H5ClN.ClH.Zn/c1-5-2-3-6(7)8-4-5;;/h2-4H,1H2;1H;/p-1. The van der Waals surface area contributed by atoms with E-state index in [2.05, 4.69) is 11.6 Å². The molecule has 0 amide bonds. The van der Waals surface area contributed by atoms with Gasteiger partial charge in [-0.1, -0.05) is 24.3 Å². The van der Waals surface area contributed by atoms with Crippen molar-refractivity contribution in [3.8, 4) is 0 Å². The molecule has 0 saturated heterocycles. The number of hydrogen-bond donors (Lipinski definition) is 0. The Balaban J connectivity index is 0. The number of aliphatic imine (C=N–C) groups is 1. The Morgan fingerprint density at radius 1 is 1.40 bits per heavy atom. The van der Waals surface area contributed by atoms with Crippen molar-refractivity contribution in [3.63, 3.8) is 0 Å². The van der Waals surface area contributed by atoms with Gasteiger partial charge >= 0.3 is 0 Å². The first-order chi connectivity index (χ1) is 3.79. The Kier molecular flexibility index (Phi) is 7.90. The molecule has 10 heavy (non-hydrogen) atoms. The van der Waals surface area contributed by atoms with Crippen molar-refractivity contribution in [2.75, 3.05) is 0 Å². The van der Waals surface area contributed by atoms with Crippen LogP contribution in [0.5, 0.6) is 0 Å². The van der Waals surface area contributed by atoms with Gasteiger partial charge in [-0.3, -0.25) is 4.99 Å². The summed E-state index contributed by atoms with van der Waals surface area (Å²) < 4.78 is 0. The van der Waals surface area contributed by atoms with Crippen LogP contribution < -0.4 is 12.4 Å². The van der Waals surface area contributed by atoms with Gasteiger partial charge in [0.25, 0.3) is 0 Å². The van der Waals surface area contributed by atoms with E-state index in [4.69, 9.17) is 11.6 Å². The smallest absolute Gasteiger partial charge is 0.194 e. The quantitative estimate of drug-likeness (QED) is 0.368. The molecule has 1 heterocycles. The maximum Gasteiger partial charge on any atom is 0.194 e. The SMILES string of the molecule is C=C1C=C[C](Cl)N=C1.[Cl-].[Zn]. The molecule has 0 saturated carbocycles. The molecule has 0 aromatic heterocycles. The summed E-state index contributed by atoms with van der Waals surface area (Å²) in [6.07, 6.45) is 5.15. The first kappa shape index (κ1) is 13.0. The van der Waals surface area contributed by atoms with Crippen molar-refractivity contribution in [1.82, 2.24) is 0 Å². The summed E-state index contributed by atoms with van der Waals surface area (Å²) >= 11 is 5.47. The summed E-state index contributed by atoms with van der Waals surface area (Å²) in [4.78, 5) is 3.78. The van der Waals surface area contributed by atoms with Crippen molar-refractivity contribution in [1.29, 1.82) is 0 Å². The molecule has 0 fully saturated rings. The van der Waals surface area contributed by atoms with Crippen LogP contribution in [0.4, 0.5) is 0 Å². The van der Waals surface area contributed by atoms with Crippen molar-refractivity contribution >= 4 is 17.8 Å². The fourth-order valence-corrected chi connectivity index (χ4v) is 0.518. The second kappa shape index (κ2) is 6.09. The van der Waals surface area contributed by atoms with Crippen molar-refractivity contribution in [3.05, 3.63) is 29.8 Å². The molecule has 0 aliphatic carbocycles. The fourth-order valence-electron chi connectivity index (χ4n) is 0.406. The Morgan fingerprint density at radius 2 is 2.00 bits per heavy atom. The van der Waals surface area contributed by atoms with Crippen LogP contribution in [0.3, 0.4) is 0 Å². The molecule has 0 unspecified atom stereocenters. The van der Waals surface area contributed by atoms with Crippen LogP contribution >= 0.6 is 11.6 Å². The number of nitrogens with zero attached hydrogens (tertiary/aromatic N) is 1. The molecule has 1 radical (unpaired) electrons. The first-order valence-corrected chi connectivity index (χ1v) is 2.60. The zero-order valence-corrected chi connectivity index (χ0v) is 9.83. The third-order valence-electron chi connectivity index (χ3n) is 0.789. The minimum atomic E-state index is 0. The molecule has 0 atom stereocenters. The van der Waals surface area contributed by atoms with Gasteiger partial charge in [0.05, 0.1) is 0 Å². The molecule has 0 spiro atoms. The Hall–Kier alpha value is 0.353. The maximum absolute atomic E-state index is 5.47. The summed E-state index contributed by atoms with van der Waals surface area (Å²) in [7, 11) is 0. The number of halogens is 2. The molecule has 1 aliphatic rings. The van der Waals surface area contributed by atoms with E-state index in [0.717, 1.165) is 5.57 Å². The summed E-state index contributed by atoms with van der Waals surface area (Å²) in [5, 5.41) is 0. The molecule has 1 aliphatic heterocycles. The van der Waals surface area contributed by atoms with Gasteiger partial charge in [0.15, 0.2) is 5.50 Å². The molecular weight excluding hydrogens is 222 g/mol. The predicted octanol–water partition coefficient (Wildman–Crippen LogP) is -1.09. The van der Waals surface area contributed by atoms with Gasteiger partial charge in [-0.15, -0.1) is 0 Å². The van der Waals surface area contributed by atoms with Crippen LogP contribution in [-0.2, 0) is 19.5 Å². The second-order valence-electron chi connectivity index (χ2n) is 1.49. The fraction of sp³-hybridized carbons (Fsp3) is 0. The van der Waals surface area contributed by atoms with Crippen LogP contribution in [0, 0.1) is 5.50 Å². The number of dihydropyridines is 1. The number of allylic oxidation sites excluding steroid dienone is 2. The monoisotopic (exact) mass is 225 g/mol. The third kappa shape index (κ3) is 4.21. The van der Waals surface area contributed by atoms with E-state index < -0.39 is 0 Å².